The molecule has 1 aromatic carbocycles. The monoisotopic (exact) mass is 357 g/mol. The highest BCUT2D eigenvalue weighted by Crippen LogP contribution is 2.39. The lowest BCUT2D eigenvalue weighted by atomic mass is 9.83. The fraction of sp³-hybridized carbons (Fsp3) is 0.368. The number of ether oxygens (including phenoxy) is 2. The van der Waals surface area contributed by atoms with E-state index in [-0.39, 0.29) is 12.0 Å². The molecule has 0 saturated heterocycles. The first kappa shape index (κ1) is 17.8. The number of rotatable bonds is 2. The number of fused-ring (bicyclic) bond motifs is 3. The Hall–Kier alpha value is -2.96. The lowest BCUT2D eigenvalue weighted by Crippen LogP contribution is -2.29. The van der Waals surface area contributed by atoms with Crippen LogP contribution in [0.3, 0.4) is 0 Å². The quantitative estimate of drug-likeness (QED) is 0.862. The number of carbonyl (C=O) groups is 2. The van der Waals surface area contributed by atoms with Crippen molar-refractivity contribution in [3.05, 3.63) is 35.7 Å². The fourth-order valence-electron chi connectivity index (χ4n) is 3.30. The number of amides is 1. The van der Waals surface area contributed by atoms with E-state index in [0.29, 0.717) is 11.3 Å². The first-order valence-corrected chi connectivity index (χ1v) is 8.54. The van der Waals surface area contributed by atoms with E-state index in [0.717, 1.165) is 23.2 Å². The van der Waals surface area contributed by atoms with Crippen LogP contribution in [0.25, 0.3) is 17.0 Å². The first-order chi connectivity index (χ1) is 12.4. The van der Waals surface area contributed by atoms with E-state index in [2.05, 4.69) is 24.5 Å². The molecule has 0 saturated carbocycles. The van der Waals surface area contributed by atoms with Gasteiger partial charge in [0.1, 0.15) is 5.75 Å². The summed E-state index contributed by atoms with van der Waals surface area (Å²) in [4.78, 5) is 24.2. The average Bonchev–Trinajstić information content (AvgIpc) is 2.84. The lowest BCUT2D eigenvalue weighted by molar-refractivity contribution is 0.155. The van der Waals surface area contributed by atoms with Crippen LogP contribution in [0, 0.1) is 0 Å². The third kappa shape index (κ3) is 3.00. The summed E-state index contributed by atoms with van der Waals surface area (Å²) in [7, 11) is 1.49. The van der Waals surface area contributed by atoms with E-state index >= 15 is 0 Å². The molecule has 3 rings (SSSR count). The van der Waals surface area contributed by atoms with Crippen molar-refractivity contribution in [1.82, 2.24) is 15.2 Å². The summed E-state index contributed by atoms with van der Waals surface area (Å²) in [5.74, 6) is 0.356. The molecule has 0 unspecified atom stereocenters. The Labute approximate surface area is 152 Å². The normalized spacial score (nSPS) is 14.9. The molecule has 1 amide bonds. The summed E-state index contributed by atoms with van der Waals surface area (Å²) >= 11 is 0. The van der Waals surface area contributed by atoms with Crippen LogP contribution in [0.1, 0.15) is 32.0 Å². The Morgan fingerprint density at radius 3 is 2.81 bits per heavy atom. The van der Waals surface area contributed by atoms with Gasteiger partial charge in [0, 0.05) is 30.5 Å². The molecule has 7 heteroatoms. The van der Waals surface area contributed by atoms with Crippen molar-refractivity contribution in [3.8, 4) is 5.75 Å². The van der Waals surface area contributed by atoms with Crippen LogP contribution >= 0.6 is 0 Å². The number of nitrogens with one attached hydrogen (secondary N) is 2. The molecule has 1 aliphatic rings. The molecule has 0 spiro atoms. The van der Waals surface area contributed by atoms with Gasteiger partial charge in [-0.2, -0.15) is 0 Å². The summed E-state index contributed by atoms with van der Waals surface area (Å²) in [5, 5.41) is 6.59. The van der Waals surface area contributed by atoms with E-state index in [1.807, 2.05) is 18.3 Å². The van der Waals surface area contributed by atoms with E-state index in [1.165, 1.54) is 11.6 Å². The van der Waals surface area contributed by atoms with Crippen molar-refractivity contribution >= 4 is 29.2 Å². The Morgan fingerprint density at radius 2 is 2.12 bits per heavy atom. The van der Waals surface area contributed by atoms with Gasteiger partial charge in [-0.1, -0.05) is 13.8 Å². The Bertz CT molecular complexity index is 896. The van der Waals surface area contributed by atoms with Crippen LogP contribution in [0.5, 0.6) is 5.75 Å². The zero-order valence-electron chi connectivity index (χ0n) is 15.4. The lowest BCUT2D eigenvalue weighted by Gasteiger charge is -2.24. The maximum atomic E-state index is 12.7. The SMILES string of the molecule is CCOC(=O)n1c2c(c3ccc(OC(=O)NC)cc31)C(C)(C)CNC=C2. The Kier molecular flexibility index (Phi) is 4.63. The van der Waals surface area contributed by atoms with Gasteiger partial charge in [-0.05, 0) is 36.9 Å². The highest BCUT2D eigenvalue weighted by atomic mass is 16.6. The van der Waals surface area contributed by atoms with Gasteiger partial charge < -0.3 is 20.1 Å². The van der Waals surface area contributed by atoms with Gasteiger partial charge in [0.2, 0.25) is 0 Å². The summed E-state index contributed by atoms with van der Waals surface area (Å²) in [6, 6.07) is 5.29. The van der Waals surface area contributed by atoms with E-state index in [9.17, 15) is 9.59 Å². The molecule has 0 radical (unpaired) electrons. The van der Waals surface area contributed by atoms with Crippen LogP contribution < -0.4 is 15.4 Å². The second-order valence-electron chi connectivity index (χ2n) is 6.71. The predicted molar refractivity (Wildman–Crippen MR) is 99.5 cm³/mol. The molecular weight excluding hydrogens is 334 g/mol. The average molecular weight is 357 g/mol. The molecule has 0 bridgehead atoms. The van der Waals surface area contributed by atoms with Crippen LogP contribution in [0.4, 0.5) is 9.59 Å². The summed E-state index contributed by atoms with van der Waals surface area (Å²) in [5.41, 5.74) is 2.26. The number of benzene rings is 1. The summed E-state index contributed by atoms with van der Waals surface area (Å²) in [6.45, 7) is 7.01. The number of carbonyl (C=O) groups excluding carboxylic acids is 2. The molecule has 2 aromatic rings. The maximum absolute atomic E-state index is 12.7. The molecule has 1 aliphatic heterocycles. The number of aromatic nitrogens is 1. The van der Waals surface area contributed by atoms with Crippen molar-refractivity contribution < 1.29 is 19.1 Å². The predicted octanol–water partition coefficient (Wildman–Crippen LogP) is 3.22. The second kappa shape index (κ2) is 6.74. The zero-order valence-corrected chi connectivity index (χ0v) is 15.4. The van der Waals surface area contributed by atoms with Crippen molar-refractivity contribution in [2.24, 2.45) is 0 Å². The topological polar surface area (TPSA) is 81.6 Å². The molecule has 0 fully saturated rings. The van der Waals surface area contributed by atoms with Gasteiger partial charge in [0.25, 0.3) is 0 Å². The number of hydrogen-bond donors (Lipinski definition) is 2. The van der Waals surface area contributed by atoms with Crippen LogP contribution in [-0.2, 0) is 10.2 Å². The third-order valence-electron chi connectivity index (χ3n) is 4.42. The van der Waals surface area contributed by atoms with Crippen LogP contribution in [-0.4, -0.2) is 37.0 Å². The van der Waals surface area contributed by atoms with E-state index < -0.39 is 12.2 Å². The van der Waals surface area contributed by atoms with Crippen LogP contribution in [0.2, 0.25) is 0 Å². The minimum absolute atomic E-state index is 0.210. The first-order valence-electron chi connectivity index (χ1n) is 8.54. The summed E-state index contributed by atoms with van der Waals surface area (Å²) in [6.07, 6.45) is 2.69. The Morgan fingerprint density at radius 1 is 1.35 bits per heavy atom. The number of nitrogens with zero attached hydrogens (tertiary/aromatic N) is 1. The van der Waals surface area contributed by atoms with E-state index in [4.69, 9.17) is 9.47 Å². The highest BCUT2D eigenvalue weighted by Gasteiger charge is 2.32. The minimum Gasteiger partial charge on any atom is -0.449 e. The smallest absolute Gasteiger partial charge is 0.418 e. The van der Waals surface area contributed by atoms with Gasteiger partial charge in [0.05, 0.1) is 17.8 Å². The van der Waals surface area contributed by atoms with Gasteiger partial charge >= 0.3 is 12.2 Å². The van der Waals surface area contributed by atoms with E-state index in [1.54, 1.807) is 19.1 Å². The largest absolute Gasteiger partial charge is 0.449 e. The molecular formula is C19H23N3O4. The Balaban J connectivity index is 2.28. The fourth-order valence-corrected chi connectivity index (χ4v) is 3.30. The molecule has 0 aliphatic carbocycles. The number of hydrogen-bond acceptors (Lipinski definition) is 5. The second-order valence-corrected chi connectivity index (χ2v) is 6.71. The van der Waals surface area contributed by atoms with Gasteiger partial charge in [0.15, 0.2) is 0 Å². The van der Waals surface area contributed by atoms with Gasteiger partial charge in [-0.15, -0.1) is 0 Å². The molecule has 2 heterocycles. The molecule has 26 heavy (non-hydrogen) atoms. The van der Waals surface area contributed by atoms with Crippen molar-refractivity contribution in [2.75, 3.05) is 20.2 Å². The highest BCUT2D eigenvalue weighted by molar-refractivity contribution is 5.98. The zero-order chi connectivity index (χ0) is 18.9. The standard InChI is InChI=1S/C19H23N3O4/c1-5-25-18(24)22-14-8-9-21-11-19(2,3)16(14)13-7-6-12(10-15(13)22)26-17(23)20-4/h6-10,21H,5,11H2,1-4H3,(H,20,23). The minimum atomic E-state index is -0.565. The van der Waals surface area contributed by atoms with Crippen molar-refractivity contribution in [3.63, 3.8) is 0 Å². The van der Waals surface area contributed by atoms with Gasteiger partial charge in [-0.25, -0.2) is 14.2 Å². The maximum Gasteiger partial charge on any atom is 0.418 e. The van der Waals surface area contributed by atoms with Crippen molar-refractivity contribution in [1.29, 1.82) is 0 Å². The van der Waals surface area contributed by atoms with Crippen molar-refractivity contribution in [2.45, 2.75) is 26.2 Å². The summed E-state index contributed by atoms with van der Waals surface area (Å²) < 4.78 is 12.0. The molecule has 0 atom stereocenters. The molecule has 2 N–H and O–H groups in total. The van der Waals surface area contributed by atoms with Crippen LogP contribution in [0.15, 0.2) is 24.4 Å². The molecule has 1 aromatic heterocycles. The molecule has 138 valence electrons. The molecule has 7 nitrogen and oxygen atoms in total. The van der Waals surface area contributed by atoms with Gasteiger partial charge in [-0.3, -0.25) is 0 Å². The third-order valence-corrected chi connectivity index (χ3v) is 4.42.